The third kappa shape index (κ3) is 3.62. The second kappa shape index (κ2) is 7.51. The average Bonchev–Trinajstić information content (AvgIpc) is 3.13. The Hall–Kier alpha value is -1.31. The van der Waals surface area contributed by atoms with Gasteiger partial charge in [-0.1, -0.05) is 6.92 Å². The van der Waals surface area contributed by atoms with E-state index in [1.165, 1.54) is 18.5 Å². The summed E-state index contributed by atoms with van der Waals surface area (Å²) in [7, 11) is 1.80. The summed E-state index contributed by atoms with van der Waals surface area (Å²) in [6.45, 7) is 4.98. The molecule has 126 valence electrons. The van der Waals surface area contributed by atoms with Crippen molar-refractivity contribution in [2.45, 2.75) is 26.0 Å². The van der Waals surface area contributed by atoms with E-state index in [-0.39, 0.29) is 5.56 Å². The number of fused-ring (bicyclic) bond motifs is 1. The summed E-state index contributed by atoms with van der Waals surface area (Å²) in [4.78, 5) is 24.1. The van der Waals surface area contributed by atoms with Gasteiger partial charge in [0.15, 0.2) is 0 Å². The van der Waals surface area contributed by atoms with Gasteiger partial charge in [-0.2, -0.15) is 11.8 Å². The van der Waals surface area contributed by atoms with Gasteiger partial charge in [0.2, 0.25) is 0 Å². The maximum absolute atomic E-state index is 11.8. The maximum Gasteiger partial charge on any atom is 0.275 e. The topological polar surface area (TPSA) is 74.0 Å². The van der Waals surface area contributed by atoms with Crippen molar-refractivity contribution in [1.29, 1.82) is 0 Å². The number of aromatic nitrogens is 3. The average molecular weight is 336 g/mol. The number of nitrogens with one attached hydrogen (secondary N) is 2. The second-order valence-electron chi connectivity index (χ2n) is 6.07. The van der Waals surface area contributed by atoms with Crippen LogP contribution in [-0.2, 0) is 11.3 Å². The molecule has 6 nitrogen and oxygen atoms in total. The first kappa shape index (κ1) is 16.5. The Morgan fingerprint density at radius 3 is 3.09 bits per heavy atom. The molecule has 3 rings (SSSR count). The van der Waals surface area contributed by atoms with E-state index in [0.29, 0.717) is 17.5 Å². The van der Waals surface area contributed by atoms with Crippen LogP contribution in [0, 0.1) is 5.92 Å². The standard InChI is InChI=1S/C16H24N4O2S/c1-3-4-23-9-12-7-20(8-13(12)22-2)6-11-5-17-15-14(11)18-10-19-16(15)21/h5,10,12-13,17H,3-4,6-9H2,1-2H3,(H,18,19,21). The largest absolute Gasteiger partial charge is 0.380 e. The van der Waals surface area contributed by atoms with Crippen molar-refractivity contribution in [3.05, 3.63) is 28.4 Å². The highest BCUT2D eigenvalue weighted by Crippen LogP contribution is 2.26. The fourth-order valence-corrected chi connectivity index (χ4v) is 4.31. The highest BCUT2D eigenvalue weighted by Gasteiger charge is 2.32. The lowest BCUT2D eigenvalue weighted by atomic mass is 10.1. The van der Waals surface area contributed by atoms with E-state index in [9.17, 15) is 4.79 Å². The summed E-state index contributed by atoms with van der Waals surface area (Å²) in [5.74, 6) is 2.93. The number of methoxy groups -OCH3 is 1. The molecule has 2 unspecified atom stereocenters. The number of hydrogen-bond donors (Lipinski definition) is 2. The number of ether oxygens (including phenoxy) is 1. The Morgan fingerprint density at radius 1 is 1.43 bits per heavy atom. The lowest BCUT2D eigenvalue weighted by Gasteiger charge is -2.15. The van der Waals surface area contributed by atoms with Crippen LogP contribution in [0.25, 0.3) is 11.0 Å². The maximum atomic E-state index is 11.8. The molecule has 2 atom stereocenters. The van der Waals surface area contributed by atoms with Crippen molar-refractivity contribution in [2.24, 2.45) is 5.92 Å². The zero-order valence-electron chi connectivity index (χ0n) is 13.7. The molecule has 2 aromatic rings. The van der Waals surface area contributed by atoms with Crippen molar-refractivity contribution >= 4 is 22.8 Å². The van der Waals surface area contributed by atoms with E-state index >= 15 is 0 Å². The molecule has 1 aliphatic heterocycles. The molecule has 2 aromatic heterocycles. The summed E-state index contributed by atoms with van der Waals surface area (Å²) in [5.41, 5.74) is 2.28. The first-order valence-corrected chi connectivity index (χ1v) is 9.25. The minimum Gasteiger partial charge on any atom is -0.380 e. The summed E-state index contributed by atoms with van der Waals surface area (Å²) >= 11 is 2.01. The molecule has 1 saturated heterocycles. The predicted octanol–water partition coefficient (Wildman–Crippen LogP) is 1.84. The monoisotopic (exact) mass is 336 g/mol. The predicted molar refractivity (Wildman–Crippen MR) is 93.9 cm³/mol. The molecule has 0 aliphatic carbocycles. The number of nitrogens with zero attached hydrogens (tertiary/aromatic N) is 2. The van der Waals surface area contributed by atoms with E-state index in [0.717, 1.165) is 36.5 Å². The summed E-state index contributed by atoms with van der Waals surface area (Å²) < 4.78 is 5.68. The van der Waals surface area contributed by atoms with Crippen molar-refractivity contribution in [2.75, 3.05) is 31.7 Å². The van der Waals surface area contributed by atoms with E-state index in [2.05, 4.69) is 26.8 Å². The van der Waals surface area contributed by atoms with Gasteiger partial charge in [-0.3, -0.25) is 9.69 Å². The van der Waals surface area contributed by atoms with Crippen LogP contribution in [0.1, 0.15) is 18.9 Å². The van der Waals surface area contributed by atoms with Gasteiger partial charge in [0, 0.05) is 44.4 Å². The van der Waals surface area contributed by atoms with Gasteiger partial charge in [0.25, 0.3) is 5.56 Å². The molecule has 0 amide bonds. The van der Waals surface area contributed by atoms with Gasteiger partial charge in [-0.05, 0) is 17.9 Å². The van der Waals surface area contributed by atoms with Gasteiger partial charge in [0.05, 0.1) is 17.9 Å². The Kier molecular flexibility index (Phi) is 5.40. The van der Waals surface area contributed by atoms with Crippen molar-refractivity contribution in [3.63, 3.8) is 0 Å². The highest BCUT2D eigenvalue weighted by atomic mass is 32.2. The van der Waals surface area contributed by atoms with Crippen LogP contribution >= 0.6 is 11.8 Å². The fourth-order valence-electron chi connectivity index (χ4n) is 3.23. The number of rotatable bonds is 7. The molecule has 2 N–H and O–H groups in total. The van der Waals surface area contributed by atoms with Crippen LogP contribution < -0.4 is 5.56 Å². The van der Waals surface area contributed by atoms with Gasteiger partial charge >= 0.3 is 0 Å². The first-order chi connectivity index (χ1) is 11.2. The highest BCUT2D eigenvalue weighted by molar-refractivity contribution is 7.99. The Bertz CT molecular complexity index is 699. The quantitative estimate of drug-likeness (QED) is 0.755. The third-order valence-electron chi connectivity index (χ3n) is 4.38. The molecule has 0 spiro atoms. The Labute approximate surface area is 140 Å². The smallest absolute Gasteiger partial charge is 0.275 e. The van der Waals surface area contributed by atoms with Crippen LogP contribution in [0.4, 0.5) is 0 Å². The molecule has 0 saturated carbocycles. The van der Waals surface area contributed by atoms with Crippen LogP contribution in [0.5, 0.6) is 0 Å². The van der Waals surface area contributed by atoms with Crippen molar-refractivity contribution < 1.29 is 4.74 Å². The van der Waals surface area contributed by atoms with E-state index < -0.39 is 0 Å². The number of thioether (sulfide) groups is 1. The normalized spacial score (nSPS) is 22.2. The van der Waals surface area contributed by atoms with E-state index in [4.69, 9.17) is 4.74 Å². The number of H-pyrrole nitrogens is 2. The molecule has 1 aliphatic rings. The molecule has 0 bridgehead atoms. The Morgan fingerprint density at radius 2 is 2.30 bits per heavy atom. The lowest BCUT2D eigenvalue weighted by molar-refractivity contribution is 0.0845. The molecular weight excluding hydrogens is 312 g/mol. The van der Waals surface area contributed by atoms with Gasteiger partial charge < -0.3 is 14.7 Å². The number of hydrogen-bond acceptors (Lipinski definition) is 5. The molecule has 7 heteroatoms. The van der Waals surface area contributed by atoms with Crippen LogP contribution in [0.3, 0.4) is 0 Å². The first-order valence-electron chi connectivity index (χ1n) is 8.09. The van der Waals surface area contributed by atoms with E-state index in [1.54, 1.807) is 7.11 Å². The number of likely N-dealkylation sites (tertiary alicyclic amines) is 1. The summed E-state index contributed by atoms with van der Waals surface area (Å²) in [6, 6.07) is 0. The Balaban J connectivity index is 1.68. The lowest BCUT2D eigenvalue weighted by Crippen LogP contribution is -2.23. The molecular formula is C16H24N4O2S. The number of aromatic amines is 2. The van der Waals surface area contributed by atoms with E-state index in [1.807, 2.05) is 18.0 Å². The SMILES string of the molecule is CCCSCC1CN(Cc2c[nH]c3c(=O)[nH]cnc23)CC1OC. The zero-order chi connectivity index (χ0) is 16.2. The van der Waals surface area contributed by atoms with Crippen LogP contribution in [0.2, 0.25) is 0 Å². The van der Waals surface area contributed by atoms with Gasteiger partial charge in [-0.25, -0.2) is 4.98 Å². The van der Waals surface area contributed by atoms with Crippen LogP contribution in [0.15, 0.2) is 17.3 Å². The minimum absolute atomic E-state index is 0.119. The fraction of sp³-hybridized carbons (Fsp3) is 0.625. The summed E-state index contributed by atoms with van der Waals surface area (Å²) in [5, 5.41) is 0. The third-order valence-corrected chi connectivity index (χ3v) is 5.74. The van der Waals surface area contributed by atoms with Crippen molar-refractivity contribution in [1.82, 2.24) is 19.9 Å². The zero-order valence-corrected chi connectivity index (χ0v) is 14.5. The van der Waals surface area contributed by atoms with Crippen molar-refractivity contribution in [3.8, 4) is 0 Å². The minimum atomic E-state index is -0.119. The molecule has 0 radical (unpaired) electrons. The molecule has 1 fully saturated rings. The van der Waals surface area contributed by atoms with Gasteiger partial charge in [0.1, 0.15) is 5.52 Å². The van der Waals surface area contributed by atoms with Gasteiger partial charge in [-0.15, -0.1) is 0 Å². The molecule has 23 heavy (non-hydrogen) atoms. The summed E-state index contributed by atoms with van der Waals surface area (Å²) in [6.07, 6.45) is 4.87. The molecule has 0 aromatic carbocycles. The molecule has 3 heterocycles. The second-order valence-corrected chi connectivity index (χ2v) is 7.22. The van der Waals surface area contributed by atoms with Crippen LogP contribution in [-0.4, -0.2) is 57.7 Å².